The summed E-state index contributed by atoms with van der Waals surface area (Å²) in [5, 5.41) is 7.39. The van der Waals surface area contributed by atoms with Crippen LogP contribution in [0.25, 0.3) is 6.08 Å². The maximum atomic E-state index is 3.96. The van der Waals surface area contributed by atoms with E-state index in [2.05, 4.69) is 65.8 Å². The highest BCUT2D eigenvalue weighted by Crippen LogP contribution is 2.50. The summed E-state index contributed by atoms with van der Waals surface area (Å²) in [4.78, 5) is 2.62. The van der Waals surface area contributed by atoms with Crippen LogP contribution in [-0.4, -0.2) is 49.7 Å². The Morgan fingerprint density at radius 2 is 1.96 bits per heavy atom. The summed E-state index contributed by atoms with van der Waals surface area (Å²) in [5.41, 5.74) is 3.65. The third-order valence-corrected chi connectivity index (χ3v) is 6.61. The van der Waals surface area contributed by atoms with Crippen LogP contribution in [0.3, 0.4) is 0 Å². The van der Waals surface area contributed by atoms with Gasteiger partial charge in [-0.15, -0.1) is 0 Å². The number of hydrogen-bond acceptors (Lipinski definition) is 3. The van der Waals surface area contributed by atoms with Crippen LogP contribution >= 0.6 is 0 Å². The molecule has 0 aromatic heterocycles. The molecule has 1 aromatic carbocycles. The standard InChI is InChI=1S/C23H35N3/c1-3-19(12-18-8-6-5-7-9-18)21-13-22(21)25-20-14-23(15-20)16-26(17-23)11-10-24-4-2/h5-9,12,20-22,24-25H,3-4,10-11,13-17H2,1-2H3/b19-12+/t21-,22+/m1/s1. The van der Waals surface area contributed by atoms with E-state index in [-0.39, 0.29) is 0 Å². The van der Waals surface area contributed by atoms with Crippen molar-refractivity contribution < 1.29 is 0 Å². The predicted molar refractivity (Wildman–Crippen MR) is 110 cm³/mol. The lowest BCUT2D eigenvalue weighted by Gasteiger charge is -2.59. The first-order valence-electron chi connectivity index (χ1n) is 10.7. The van der Waals surface area contributed by atoms with Crippen molar-refractivity contribution in [1.82, 2.24) is 15.5 Å². The number of rotatable bonds is 9. The summed E-state index contributed by atoms with van der Waals surface area (Å²) in [6, 6.07) is 12.3. The molecule has 3 heteroatoms. The molecule has 4 rings (SSSR count). The van der Waals surface area contributed by atoms with Crippen molar-refractivity contribution in [3.63, 3.8) is 0 Å². The van der Waals surface area contributed by atoms with Crippen LogP contribution in [0.5, 0.6) is 0 Å². The van der Waals surface area contributed by atoms with Crippen molar-refractivity contribution >= 4 is 6.08 Å². The Kier molecular flexibility index (Phi) is 5.49. The van der Waals surface area contributed by atoms with E-state index in [0.717, 1.165) is 31.1 Å². The van der Waals surface area contributed by atoms with Gasteiger partial charge < -0.3 is 15.5 Å². The second-order valence-corrected chi connectivity index (χ2v) is 8.77. The van der Waals surface area contributed by atoms with Crippen molar-refractivity contribution in [2.24, 2.45) is 11.3 Å². The van der Waals surface area contributed by atoms with E-state index < -0.39 is 0 Å². The number of nitrogens with one attached hydrogen (secondary N) is 2. The van der Waals surface area contributed by atoms with E-state index in [1.54, 1.807) is 5.57 Å². The van der Waals surface area contributed by atoms with Crippen LogP contribution < -0.4 is 10.6 Å². The Labute approximate surface area is 159 Å². The van der Waals surface area contributed by atoms with Gasteiger partial charge in [0.15, 0.2) is 0 Å². The fraction of sp³-hybridized carbons (Fsp3) is 0.652. The Balaban J connectivity index is 1.18. The Bertz CT molecular complexity index is 610. The zero-order valence-electron chi connectivity index (χ0n) is 16.5. The Morgan fingerprint density at radius 1 is 1.19 bits per heavy atom. The molecule has 1 saturated heterocycles. The number of likely N-dealkylation sites (N-methyl/N-ethyl adjacent to an activating group) is 1. The van der Waals surface area contributed by atoms with Crippen LogP contribution in [0, 0.1) is 11.3 Å². The first-order valence-corrected chi connectivity index (χ1v) is 10.7. The van der Waals surface area contributed by atoms with Gasteiger partial charge >= 0.3 is 0 Å². The van der Waals surface area contributed by atoms with Crippen molar-refractivity contribution in [1.29, 1.82) is 0 Å². The maximum Gasteiger partial charge on any atom is 0.0142 e. The van der Waals surface area contributed by atoms with Gasteiger partial charge in [-0.25, -0.2) is 0 Å². The summed E-state index contributed by atoms with van der Waals surface area (Å²) >= 11 is 0. The minimum atomic E-state index is 0.668. The fourth-order valence-electron chi connectivity index (χ4n) is 5.16. The first-order chi connectivity index (χ1) is 12.7. The molecule has 2 atom stereocenters. The molecule has 3 nitrogen and oxygen atoms in total. The molecule has 1 spiro atoms. The van der Waals surface area contributed by atoms with Gasteiger partial charge in [0.2, 0.25) is 0 Å². The molecule has 3 fully saturated rings. The normalized spacial score (nSPS) is 28.0. The molecule has 0 radical (unpaired) electrons. The lowest BCUT2D eigenvalue weighted by molar-refractivity contribution is -0.0779. The molecule has 26 heavy (non-hydrogen) atoms. The van der Waals surface area contributed by atoms with Gasteiger partial charge in [-0.1, -0.05) is 55.8 Å². The summed E-state index contributed by atoms with van der Waals surface area (Å²) in [7, 11) is 0. The molecule has 1 aromatic rings. The molecule has 0 amide bonds. The number of likely N-dealkylation sites (tertiary alicyclic amines) is 1. The summed E-state index contributed by atoms with van der Waals surface area (Å²) in [6.45, 7) is 10.6. The van der Waals surface area contributed by atoms with Gasteiger partial charge in [-0.3, -0.25) is 0 Å². The molecule has 1 aliphatic heterocycles. The van der Waals surface area contributed by atoms with Gasteiger partial charge in [0.25, 0.3) is 0 Å². The van der Waals surface area contributed by atoms with Crippen LogP contribution in [0.1, 0.15) is 45.1 Å². The fourth-order valence-corrected chi connectivity index (χ4v) is 5.16. The lowest BCUT2D eigenvalue weighted by atomic mass is 9.60. The second kappa shape index (κ2) is 7.84. The Hall–Kier alpha value is -1.16. The van der Waals surface area contributed by atoms with Crippen LogP contribution in [0.4, 0.5) is 0 Å². The molecule has 2 saturated carbocycles. The van der Waals surface area contributed by atoms with Crippen molar-refractivity contribution in [2.75, 3.05) is 32.7 Å². The van der Waals surface area contributed by atoms with E-state index >= 15 is 0 Å². The molecule has 0 bridgehead atoms. The quantitative estimate of drug-likeness (QED) is 0.665. The maximum absolute atomic E-state index is 3.96. The molecule has 1 heterocycles. The SMILES string of the molecule is CCNCCN1CC2(CC(N[C@H]3C[C@@H]3/C(=C/c3ccccc3)CC)C2)C1. The van der Waals surface area contributed by atoms with E-state index in [0.29, 0.717) is 5.41 Å². The molecule has 2 N–H and O–H groups in total. The zero-order chi connectivity index (χ0) is 18.0. The average molecular weight is 354 g/mol. The average Bonchev–Trinajstić information content (AvgIpc) is 3.35. The third kappa shape index (κ3) is 4.05. The van der Waals surface area contributed by atoms with Crippen molar-refractivity contribution in [3.8, 4) is 0 Å². The molecular formula is C23H35N3. The van der Waals surface area contributed by atoms with Crippen LogP contribution in [0.15, 0.2) is 35.9 Å². The lowest BCUT2D eigenvalue weighted by Crippen LogP contribution is -2.66. The monoisotopic (exact) mass is 353 g/mol. The summed E-state index contributed by atoms with van der Waals surface area (Å²) < 4.78 is 0. The zero-order valence-corrected chi connectivity index (χ0v) is 16.5. The van der Waals surface area contributed by atoms with Crippen molar-refractivity contribution in [3.05, 3.63) is 41.5 Å². The van der Waals surface area contributed by atoms with Gasteiger partial charge in [-0.05, 0) is 49.1 Å². The molecule has 2 aliphatic carbocycles. The second-order valence-electron chi connectivity index (χ2n) is 8.77. The Morgan fingerprint density at radius 3 is 2.65 bits per heavy atom. The highest BCUT2D eigenvalue weighted by molar-refractivity contribution is 5.54. The van der Waals surface area contributed by atoms with Crippen molar-refractivity contribution in [2.45, 2.75) is 51.6 Å². The summed E-state index contributed by atoms with van der Waals surface area (Å²) in [5.74, 6) is 0.773. The molecular weight excluding hydrogens is 318 g/mol. The smallest absolute Gasteiger partial charge is 0.0142 e. The van der Waals surface area contributed by atoms with Crippen LogP contribution in [-0.2, 0) is 0 Å². The first kappa shape index (κ1) is 18.2. The van der Waals surface area contributed by atoms with Crippen LogP contribution in [0.2, 0.25) is 0 Å². The highest BCUT2D eigenvalue weighted by Gasteiger charge is 2.53. The van der Waals surface area contributed by atoms with E-state index in [1.165, 1.54) is 50.9 Å². The minimum absolute atomic E-state index is 0.668. The van der Waals surface area contributed by atoms with E-state index in [4.69, 9.17) is 0 Å². The number of hydrogen-bond donors (Lipinski definition) is 2. The largest absolute Gasteiger partial charge is 0.316 e. The minimum Gasteiger partial charge on any atom is -0.316 e. The van der Waals surface area contributed by atoms with Gasteiger partial charge in [0.1, 0.15) is 0 Å². The highest BCUT2D eigenvalue weighted by atomic mass is 15.2. The molecule has 0 unspecified atom stereocenters. The topological polar surface area (TPSA) is 27.3 Å². The van der Waals surface area contributed by atoms with E-state index in [1.807, 2.05) is 0 Å². The molecule has 3 aliphatic rings. The number of benzene rings is 1. The van der Waals surface area contributed by atoms with Gasteiger partial charge in [-0.2, -0.15) is 0 Å². The van der Waals surface area contributed by atoms with Gasteiger partial charge in [0.05, 0.1) is 0 Å². The van der Waals surface area contributed by atoms with E-state index in [9.17, 15) is 0 Å². The molecule has 142 valence electrons. The predicted octanol–water partition coefficient (Wildman–Crippen LogP) is 3.53. The number of nitrogens with zero attached hydrogens (tertiary/aromatic N) is 1. The summed E-state index contributed by atoms with van der Waals surface area (Å²) in [6.07, 6.45) is 7.73. The third-order valence-electron chi connectivity index (χ3n) is 6.61. The van der Waals surface area contributed by atoms with Gasteiger partial charge in [0, 0.05) is 38.3 Å².